The fourth-order valence-electron chi connectivity index (χ4n) is 2.49. The van der Waals surface area contributed by atoms with Crippen molar-refractivity contribution in [1.82, 2.24) is 0 Å². The van der Waals surface area contributed by atoms with Gasteiger partial charge in [0.05, 0.1) is 35.7 Å². The van der Waals surface area contributed by atoms with E-state index in [1.165, 1.54) is 0 Å². The Morgan fingerprint density at radius 2 is 2.29 bits per heavy atom. The molecule has 1 saturated heterocycles. The van der Waals surface area contributed by atoms with Gasteiger partial charge in [0, 0.05) is 6.07 Å². The Kier molecular flexibility index (Phi) is 3.42. The van der Waals surface area contributed by atoms with Crippen molar-refractivity contribution in [3.05, 3.63) is 12.1 Å². The van der Waals surface area contributed by atoms with Crippen molar-refractivity contribution in [3.8, 4) is 5.75 Å². The summed E-state index contributed by atoms with van der Waals surface area (Å²) in [6.07, 6.45) is 0.783. The minimum Gasteiger partial charge on any atom is -0.482 e. The van der Waals surface area contributed by atoms with E-state index in [9.17, 15) is 9.59 Å². The van der Waals surface area contributed by atoms with E-state index < -0.39 is 0 Å². The summed E-state index contributed by atoms with van der Waals surface area (Å²) < 4.78 is 10.7. The number of fused-ring (bicyclic) bond motifs is 1. The highest BCUT2D eigenvalue weighted by atomic mass is 16.5. The van der Waals surface area contributed by atoms with E-state index in [1.807, 2.05) is 6.92 Å². The number of benzene rings is 1. The summed E-state index contributed by atoms with van der Waals surface area (Å²) in [6, 6.07) is 3.21. The molecule has 2 heterocycles. The molecule has 2 aliphatic rings. The van der Waals surface area contributed by atoms with Crippen LogP contribution in [0, 0.1) is 5.92 Å². The summed E-state index contributed by atoms with van der Waals surface area (Å²) in [6.45, 7) is 2.32. The summed E-state index contributed by atoms with van der Waals surface area (Å²) in [5, 5.41) is 5.47. The second-order valence-corrected chi connectivity index (χ2v) is 5.34. The summed E-state index contributed by atoms with van der Waals surface area (Å²) >= 11 is 0. The molecule has 1 aromatic rings. The maximum Gasteiger partial charge on any atom is 0.262 e. The largest absolute Gasteiger partial charge is 0.482 e. The monoisotopic (exact) mass is 291 g/mol. The molecule has 7 heteroatoms. The molecule has 0 saturated carbocycles. The average molecular weight is 291 g/mol. The van der Waals surface area contributed by atoms with Crippen molar-refractivity contribution in [1.29, 1.82) is 0 Å². The fraction of sp³-hybridized carbons (Fsp3) is 0.429. The van der Waals surface area contributed by atoms with E-state index in [0.717, 1.165) is 0 Å². The molecule has 0 spiro atoms. The fourth-order valence-corrected chi connectivity index (χ4v) is 2.49. The second-order valence-electron chi connectivity index (χ2n) is 5.34. The van der Waals surface area contributed by atoms with Gasteiger partial charge in [-0.15, -0.1) is 0 Å². The zero-order chi connectivity index (χ0) is 15.0. The predicted octanol–water partition coefficient (Wildman–Crippen LogP) is 0.963. The van der Waals surface area contributed by atoms with Crippen molar-refractivity contribution in [3.63, 3.8) is 0 Å². The van der Waals surface area contributed by atoms with Crippen molar-refractivity contribution < 1.29 is 19.1 Å². The van der Waals surface area contributed by atoms with Crippen LogP contribution in [0.5, 0.6) is 5.75 Å². The Bertz CT molecular complexity index is 602. The quantitative estimate of drug-likeness (QED) is 0.704. The standard InChI is InChI=1S/C14H17N3O4/c1-7-2-8(5-20-7)14(19)17-10-4-11-12(3-9(10)15)21-6-13(18)16-11/h3-4,7-8H,2,5-6,15H2,1H3,(H,16,18)(H,17,19). The van der Waals surface area contributed by atoms with Gasteiger partial charge in [0.25, 0.3) is 5.91 Å². The number of hydrogen-bond acceptors (Lipinski definition) is 5. The van der Waals surface area contributed by atoms with Crippen LogP contribution in [-0.2, 0) is 14.3 Å². The van der Waals surface area contributed by atoms with E-state index in [4.69, 9.17) is 15.2 Å². The summed E-state index contributed by atoms with van der Waals surface area (Å²) in [7, 11) is 0. The summed E-state index contributed by atoms with van der Waals surface area (Å²) in [5.74, 6) is -0.0409. The van der Waals surface area contributed by atoms with Gasteiger partial charge < -0.3 is 25.8 Å². The molecule has 0 radical (unpaired) electrons. The minimum atomic E-state index is -0.234. The number of rotatable bonds is 2. The van der Waals surface area contributed by atoms with Gasteiger partial charge in [-0.25, -0.2) is 0 Å². The Morgan fingerprint density at radius 3 is 3.00 bits per heavy atom. The van der Waals surface area contributed by atoms with Gasteiger partial charge >= 0.3 is 0 Å². The van der Waals surface area contributed by atoms with Crippen molar-refractivity contribution in [2.75, 3.05) is 29.6 Å². The lowest BCUT2D eigenvalue weighted by Crippen LogP contribution is -2.26. The van der Waals surface area contributed by atoms with Crippen molar-refractivity contribution in [2.45, 2.75) is 19.4 Å². The number of carbonyl (C=O) groups excluding carboxylic acids is 2. The average Bonchev–Trinajstić information content (AvgIpc) is 2.87. The molecule has 4 N–H and O–H groups in total. The molecular formula is C14H17N3O4. The normalized spacial score (nSPS) is 24.0. The Hall–Kier alpha value is -2.28. The van der Waals surface area contributed by atoms with Gasteiger partial charge in [0.2, 0.25) is 5.91 Å². The third-order valence-corrected chi connectivity index (χ3v) is 3.61. The van der Waals surface area contributed by atoms with Crippen molar-refractivity contribution in [2.24, 2.45) is 5.92 Å². The molecule has 21 heavy (non-hydrogen) atoms. The maximum atomic E-state index is 12.2. The van der Waals surface area contributed by atoms with Crippen LogP contribution in [0.25, 0.3) is 0 Å². The number of anilines is 3. The summed E-state index contributed by atoms with van der Waals surface area (Å²) in [4.78, 5) is 23.5. The van der Waals surface area contributed by atoms with E-state index in [1.54, 1.807) is 12.1 Å². The number of nitrogens with one attached hydrogen (secondary N) is 2. The number of carbonyl (C=O) groups is 2. The zero-order valence-electron chi connectivity index (χ0n) is 11.6. The first-order chi connectivity index (χ1) is 10.0. The molecule has 1 fully saturated rings. The van der Waals surface area contributed by atoms with Gasteiger partial charge in [-0.05, 0) is 19.4 Å². The van der Waals surface area contributed by atoms with E-state index >= 15 is 0 Å². The van der Waals surface area contributed by atoms with Gasteiger partial charge in [-0.1, -0.05) is 0 Å². The summed E-state index contributed by atoms with van der Waals surface area (Å²) in [5.41, 5.74) is 7.28. The van der Waals surface area contributed by atoms with Gasteiger partial charge in [-0.3, -0.25) is 9.59 Å². The van der Waals surface area contributed by atoms with E-state index in [2.05, 4.69) is 10.6 Å². The molecule has 1 aromatic carbocycles. The number of nitrogen functional groups attached to an aromatic ring is 1. The van der Waals surface area contributed by atoms with Crippen LogP contribution in [0.15, 0.2) is 12.1 Å². The first kappa shape index (κ1) is 13.7. The van der Waals surface area contributed by atoms with Crippen LogP contribution in [0.3, 0.4) is 0 Å². The third kappa shape index (κ3) is 2.78. The molecular weight excluding hydrogens is 274 g/mol. The van der Waals surface area contributed by atoms with Crippen LogP contribution in [0.1, 0.15) is 13.3 Å². The number of ether oxygens (including phenoxy) is 2. The minimum absolute atomic E-state index is 0.0323. The van der Waals surface area contributed by atoms with Crippen LogP contribution in [-0.4, -0.2) is 31.1 Å². The molecule has 3 rings (SSSR count). The first-order valence-electron chi connectivity index (χ1n) is 6.81. The lowest BCUT2D eigenvalue weighted by atomic mass is 10.1. The third-order valence-electron chi connectivity index (χ3n) is 3.61. The predicted molar refractivity (Wildman–Crippen MR) is 77.1 cm³/mol. The molecule has 2 aliphatic heterocycles. The van der Waals surface area contributed by atoms with E-state index in [-0.39, 0.29) is 30.4 Å². The van der Waals surface area contributed by atoms with Gasteiger partial charge in [0.1, 0.15) is 5.75 Å². The molecule has 0 bridgehead atoms. The highest BCUT2D eigenvalue weighted by Crippen LogP contribution is 2.35. The van der Waals surface area contributed by atoms with Crippen LogP contribution < -0.4 is 21.1 Å². The SMILES string of the molecule is CC1CC(C(=O)Nc2cc3c(cc2N)OCC(=O)N3)CO1. The van der Waals surface area contributed by atoms with Crippen LogP contribution in [0.2, 0.25) is 0 Å². The highest BCUT2D eigenvalue weighted by molar-refractivity contribution is 6.00. The van der Waals surface area contributed by atoms with E-state index in [0.29, 0.717) is 35.8 Å². The number of nitrogens with two attached hydrogens (primary N) is 1. The second kappa shape index (κ2) is 5.25. The number of hydrogen-bond donors (Lipinski definition) is 3. The number of amides is 2. The molecule has 7 nitrogen and oxygen atoms in total. The van der Waals surface area contributed by atoms with Crippen molar-refractivity contribution >= 4 is 28.9 Å². The van der Waals surface area contributed by atoms with Gasteiger partial charge in [0.15, 0.2) is 6.61 Å². The Labute approximate surface area is 121 Å². The molecule has 2 amide bonds. The molecule has 112 valence electrons. The molecule has 2 atom stereocenters. The Balaban J connectivity index is 1.77. The smallest absolute Gasteiger partial charge is 0.262 e. The first-order valence-corrected chi connectivity index (χ1v) is 6.81. The zero-order valence-corrected chi connectivity index (χ0v) is 11.6. The van der Waals surface area contributed by atoms with Gasteiger partial charge in [-0.2, -0.15) is 0 Å². The van der Waals surface area contributed by atoms with Crippen LogP contribution >= 0.6 is 0 Å². The highest BCUT2D eigenvalue weighted by Gasteiger charge is 2.29. The van der Waals surface area contributed by atoms with Crippen LogP contribution in [0.4, 0.5) is 17.1 Å². The molecule has 0 aliphatic carbocycles. The molecule has 0 aromatic heterocycles. The Morgan fingerprint density at radius 1 is 1.48 bits per heavy atom. The lowest BCUT2D eigenvalue weighted by Gasteiger charge is -2.20. The maximum absolute atomic E-state index is 12.2. The lowest BCUT2D eigenvalue weighted by molar-refractivity contribution is -0.120. The molecule has 2 unspecified atom stereocenters. The topological polar surface area (TPSA) is 103 Å².